The molecule has 0 aliphatic rings. The smallest absolute Gasteiger partial charge is 0.332 e. The fourth-order valence-electron chi connectivity index (χ4n) is 3.58. The van der Waals surface area contributed by atoms with E-state index in [1.165, 1.54) is 23.4 Å². The number of hydrogen-bond donors (Lipinski definition) is 0. The predicted molar refractivity (Wildman–Crippen MR) is 125 cm³/mol. The van der Waals surface area contributed by atoms with Gasteiger partial charge in [0.1, 0.15) is 0 Å². The first-order valence-electron chi connectivity index (χ1n) is 10.2. The van der Waals surface area contributed by atoms with Gasteiger partial charge in [-0.15, -0.1) is 10.2 Å². The van der Waals surface area contributed by atoms with Crippen molar-refractivity contribution in [3.63, 3.8) is 0 Å². The quantitative estimate of drug-likeness (QED) is 0.359. The zero-order valence-corrected chi connectivity index (χ0v) is 18.8. The molecule has 3 aromatic heterocycles. The van der Waals surface area contributed by atoms with Crippen LogP contribution in [0.15, 0.2) is 79.8 Å². The van der Waals surface area contributed by atoms with Crippen molar-refractivity contribution in [1.82, 2.24) is 28.9 Å². The van der Waals surface area contributed by atoms with Gasteiger partial charge in [0.05, 0.1) is 12.3 Å². The first kappa shape index (κ1) is 21.0. The molecule has 0 spiro atoms. The van der Waals surface area contributed by atoms with Gasteiger partial charge in [-0.2, -0.15) is 0 Å². The molecule has 0 atom stereocenters. The molecule has 33 heavy (non-hydrogen) atoms. The van der Waals surface area contributed by atoms with Crippen molar-refractivity contribution in [1.29, 1.82) is 0 Å². The van der Waals surface area contributed by atoms with E-state index in [1.807, 2.05) is 65.2 Å². The van der Waals surface area contributed by atoms with Gasteiger partial charge in [-0.05, 0) is 17.7 Å². The van der Waals surface area contributed by atoms with E-state index in [4.69, 9.17) is 4.42 Å². The molecule has 3 heterocycles. The maximum Gasteiger partial charge on any atom is 0.332 e. The summed E-state index contributed by atoms with van der Waals surface area (Å²) in [5.41, 5.74) is 1.78. The summed E-state index contributed by atoms with van der Waals surface area (Å²) >= 11 is 1.37. The largest absolute Gasteiger partial charge is 0.420 e. The highest BCUT2D eigenvalue weighted by Gasteiger charge is 2.20. The van der Waals surface area contributed by atoms with E-state index in [1.54, 1.807) is 7.05 Å². The molecule has 166 valence electrons. The number of benzene rings is 2. The van der Waals surface area contributed by atoms with Crippen molar-refractivity contribution in [2.45, 2.75) is 17.5 Å². The van der Waals surface area contributed by atoms with Gasteiger partial charge in [0, 0.05) is 19.7 Å². The minimum Gasteiger partial charge on any atom is -0.420 e. The lowest BCUT2D eigenvalue weighted by atomic mass is 10.2. The third-order valence-corrected chi connectivity index (χ3v) is 6.27. The van der Waals surface area contributed by atoms with Crippen LogP contribution in [0.5, 0.6) is 0 Å². The summed E-state index contributed by atoms with van der Waals surface area (Å²) in [4.78, 5) is 30.1. The topological polar surface area (TPSA) is 101 Å². The van der Waals surface area contributed by atoms with Crippen LogP contribution in [0, 0.1) is 0 Å². The van der Waals surface area contributed by atoms with Gasteiger partial charge in [0.2, 0.25) is 11.8 Å². The van der Waals surface area contributed by atoms with Crippen molar-refractivity contribution in [3.05, 3.63) is 93.0 Å². The molecule has 0 saturated carbocycles. The van der Waals surface area contributed by atoms with Crippen molar-refractivity contribution in [3.8, 4) is 11.5 Å². The summed E-state index contributed by atoms with van der Waals surface area (Å²) < 4.78 is 10.1. The Hall–Kier alpha value is -3.92. The number of imidazole rings is 1. The molecule has 2 aromatic carbocycles. The minimum atomic E-state index is -0.419. The second-order valence-electron chi connectivity index (χ2n) is 7.50. The lowest BCUT2D eigenvalue weighted by Gasteiger charge is -2.09. The SMILES string of the molecule is Cn1c(=O)c2c(nc(SCc3nnc(-c4ccccc4)o3)n2Cc2ccccc2)n(C)c1=O. The average Bonchev–Trinajstić information content (AvgIpc) is 3.46. The summed E-state index contributed by atoms with van der Waals surface area (Å²) in [5, 5.41) is 8.86. The summed E-state index contributed by atoms with van der Waals surface area (Å²) in [7, 11) is 3.09. The van der Waals surface area contributed by atoms with E-state index < -0.39 is 5.69 Å². The van der Waals surface area contributed by atoms with Gasteiger partial charge in [0.15, 0.2) is 16.3 Å². The van der Waals surface area contributed by atoms with E-state index >= 15 is 0 Å². The number of rotatable bonds is 6. The molecular formula is C23H20N6O3S. The Kier molecular flexibility index (Phi) is 5.43. The van der Waals surface area contributed by atoms with Crippen LogP contribution in [-0.2, 0) is 26.4 Å². The molecule has 0 unspecified atom stereocenters. The lowest BCUT2D eigenvalue weighted by Crippen LogP contribution is -2.37. The van der Waals surface area contributed by atoms with E-state index in [9.17, 15) is 9.59 Å². The molecule has 0 fully saturated rings. The number of aromatic nitrogens is 6. The highest BCUT2D eigenvalue weighted by Crippen LogP contribution is 2.27. The Morgan fingerprint density at radius 1 is 0.909 bits per heavy atom. The number of nitrogens with zero attached hydrogens (tertiary/aromatic N) is 6. The maximum atomic E-state index is 13.0. The maximum absolute atomic E-state index is 13.0. The third kappa shape index (κ3) is 3.89. The van der Waals surface area contributed by atoms with Crippen molar-refractivity contribution in [2.75, 3.05) is 0 Å². The highest BCUT2D eigenvalue weighted by molar-refractivity contribution is 7.98. The fourth-order valence-corrected chi connectivity index (χ4v) is 4.42. The van der Waals surface area contributed by atoms with Crippen molar-refractivity contribution in [2.24, 2.45) is 14.1 Å². The molecule has 5 aromatic rings. The zero-order valence-electron chi connectivity index (χ0n) is 18.0. The Morgan fingerprint density at radius 2 is 1.61 bits per heavy atom. The Morgan fingerprint density at radius 3 is 2.33 bits per heavy atom. The summed E-state index contributed by atoms with van der Waals surface area (Å²) in [5.74, 6) is 1.26. The first-order chi connectivity index (χ1) is 16.0. The summed E-state index contributed by atoms with van der Waals surface area (Å²) in [6.45, 7) is 0.437. The molecule has 5 rings (SSSR count). The molecule has 0 aliphatic carbocycles. The van der Waals surface area contributed by atoms with Gasteiger partial charge in [-0.3, -0.25) is 13.9 Å². The first-order valence-corrected chi connectivity index (χ1v) is 11.2. The summed E-state index contributed by atoms with van der Waals surface area (Å²) in [6, 6.07) is 19.3. The molecule has 0 amide bonds. The van der Waals surface area contributed by atoms with Crippen LogP contribution in [0.2, 0.25) is 0 Å². The van der Waals surface area contributed by atoms with Gasteiger partial charge in [-0.25, -0.2) is 9.78 Å². The van der Waals surface area contributed by atoms with Crippen LogP contribution in [0.3, 0.4) is 0 Å². The second kappa shape index (κ2) is 8.55. The number of aryl methyl sites for hydroxylation is 1. The van der Waals surface area contributed by atoms with Gasteiger partial charge < -0.3 is 8.98 Å². The fraction of sp³-hybridized carbons (Fsp3) is 0.174. The van der Waals surface area contributed by atoms with Gasteiger partial charge >= 0.3 is 5.69 Å². The van der Waals surface area contributed by atoms with Crippen LogP contribution in [0.1, 0.15) is 11.5 Å². The van der Waals surface area contributed by atoms with E-state index in [0.717, 1.165) is 15.7 Å². The Labute approximate surface area is 192 Å². The molecular weight excluding hydrogens is 440 g/mol. The van der Waals surface area contributed by atoms with E-state index in [0.29, 0.717) is 40.4 Å². The monoisotopic (exact) mass is 460 g/mol. The molecule has 10 heteroatoms. The Balaban J connectivity index is 1.53. The van der Waals surface area contributed by atoms with Crippen molar-refractivity contribution < 1.29 is 4.42 Å². The molecule has 9 nitrogen and oxygen atoms in total. The predicted octanol–water partition coefficient (Wildman–Crippen LogP) is 2.82. The zero-order chi connectivity index (χ0) is 22.9. The van der Waals surface area contributed by atoms with Crippen molar-refractivity contribution >= 4 is 22.9 Å². The molecule has 0 N–H and O–H groups in total. The Bertz CT molecular complexity index is 1550. The average molecular weight is 461 g/mol. The van der Waals surface area contributed by atoms with Crippen LogP contribution < -0.4 is 11.2 Å². The van der Waals surface area contributed by atoms with Crippen LogP contribution in [0.4, 0.5) is 0 Å². The second-order valence-corrected chi connectivity index (χ2v) is 8.44. The van der Waals surface area contributed by atoms with Crippen LogP contribution >= 0.6 is 11.8 Å². The molecule has 0 saturated heterocycles. The van der Waals surface area contributed by atoms with E-state index in [2.05, 4.69) is 15.2 Å². The van der Waals surface area contributed by atoms with Crippen LogP contribution in [0.25, 0.3) is 22.6 Å². The standard InChI is InChI=1S/C23H20N6O3S/c1-27-19-18(21(30)28(2)23(27)31)29(13-15-9-5-3-6-10-15)22(24-19)33-14-17-25-26-20(32-17)16-11-7-4-8-12-16/h3-12H,13-14H2,1-2H3. The van der Waals surface area contributed by atoms with Gasteiger partial charge in [-0.1, -0.05) is 60.3 Å². The third-order valence-electron chi connectivity index (χ3n) is 5.31. The van der Waals surface area contributed by atoms with E-state index in [-0.39, 0.29) is 5.56 Å². The highest BCUT2D eigenvalue weighted by atomic mass is 32.2. The molecule has 0 bridgehead atoms. The normalized spacial score (nSPS) is 11.3. The minimum absolute atomic E-state index is 0.344. The van der Waals surface area contributed by atoms with Crippen LogP contribution in [-0.4, -0.2) is 28.9 Å². The van der Waals surface area contributed by atoms with Gasteiger partial charge in [0.25, 0.3) is 5.56 Å². The number of hydrogen-bond acceptors (Lipinski definition) is 7. The molecule has 0 radical (unpaired) electrons. The summed E-state index contributed by atoms with van der Waals surface area (Å²) in [6.07, 6.45) is 0. The lowest BCUT2D eigenvalue weighted by molar-refractivity contribution is 0.528. The molecule has 0 aliphatic heterocycles. The number of fused-ring (bicyclic) bond motifs is 1. The number of thioether (sulfide) groups is 1.